The van der Waals surface area contributed by atoms with Gasteiger partial charge in [0.05, 0.1) is 12.3 Å². The van der Waals surface area contributed by atoms with Gasteiger partial charge in [0.25, 0.3) is 0 Å². The number of aryl methyl sites for hydroxylation is 1. The molecular weight excluding hydrogens is 178 g/mol. The normalized spacial score (nSPS) is 13.1. The maximum atomic E-state index is 5.88. The summed E-state index contributed by atoms with van der Waals surface area (Å²) < 4.78 is 7.15. The van der Waals surface area contributed by atoms with Crippen LogP contribution in [0.25, 0.3) is 0 Å². The lowest BCUT2D eigenvalue weighted by molar-refractivity contribution is 0.121. The molecule has 0 saturated heterocycles. The van der Waals surface area contributed by atoms with Crippen LogP contribution in [0.15, 0.2) is 12.3 Å². The van der Waals surface area contributed by atoms with Gasteiger partial charge in [-0.25, -0.2) is 0 Å². The minimum atomic E-state index is 0.0523. The van der Waals surface area contributed by atoms with Gasteiger partial charge < -0.3 is 10.5 Å². The van der Waals surface area contributed by atoms with E-state index in [2.05, 4.69) is 12.0 Å². The molecular formula is C10H19N3O. The molecule has 0 fully saturated rings. The van der Waals surface area contributed by atoms with Gasteiger partial charge in [0.2, 0.25) is 0 Å². The van der Waals surface area contributed by atoms with Gasteiger partial charge in [-0.05, 0) is 12.5 Å². The van der Waals surface area contributed by atoms with E-state index in [0.29, 0.717) is 6.61 Å². The summed E-state index contributed by atoms with van der Waals surface area (Å²) in [7, 11) is 1.91. The summed E-state index contributed by atoms with van der Waals surface area (Å²) in [6.45, 7) is 3.49. The molecule has 0 amide bonds. The van der Waals surface area contributed by atoms with Crippen molar-refractivity contribution in [1.29, 1.82) is 0 Å². The lowest BCUT2D eigenvalue weighted by Crippen LogP contribution is -2.29. The van der Waals surface area contributed by atoms with Crippen LogP contribution < -0.4 is 5.73 Å². The number of ether oxygens (including phenoxy) is 1. The average molecular weight is 197 g/mol. The Morgan fingerprint density at radius 2 is 2.43 bits per heavy atom. The summed E-state index contributed by atoms with van der Waals surface area (Å²) in [5, 5.41) is 4.26. The molecule has 4 heteroatoms. The van der Waals surface area contributed by atoms with Crippen LogP contribution in [0.4, 0.5) is 0 Å². The third-order valence-corrected chi connectivity index (χ3v) is 1.92. The van der Waals surface area contributed by atoms with Gasteiger partial charge in [-0.2, -0.15) is 5.10 Å². The topological polar surface area (TPSA) is 53.1 Å². The average Bonchev–Trinajstić information content (AvgIpc) is 2.52. The maximum Gasteiger partial charge on any atom is 0.0640 e. The molecule has 0 bridgehead atoms. The highest BCUT2D eigenvalue weighted by molar-refractivity contribution is 5.00. The lowest BCUT2D eigenvalue weighted by Gasteiger charge is -2.09. The Morgan fingerprint density at radius 3 is 3.00 bits per heavy atom. The lowest BCUT2D eigenvalue weighted by atomic mass is 10.2. The Morgan fingerprint density at radius 1 is 1.64 bits per heavy atom. The van der Waals surface area contributed by atoms with E-state index in [4.69, 9.17) is 10.5 Å². The van der Waals surface area contributed by atoms with E-state index in [1.807, 2.05) is 19.3 Å². The second kappa shape index (κ2) is 5.78. The zero-order valence-electron chi connectivity index (χ0n) is 8.94. The summed E-state index contributed by atoms with van der Waals surface area (Å²) in [4.78, 5) is 0. The summed E-state index contributed by atoms with van der Waals surface area (Å²) in [6, 6.07) is 2.04. The number of nitrogens with two attached hydrogens (primary N) is 1. The first kappa shape index (κ1) is 11.2. The van der Waals surface area contributed by atoms with Crippen LogP contribution in [-0.4, -0.2) is 29.0 Å². The first-order valence-electron chi connectivity index (χ1n) is 5.04. The van der Waals surface area contributed by atoms with E-state index >= 15 is 0 Å². The van der Waals surface area contributed by atoms with Crippen LogP contribution in [0.1, 0.15) is 19.0 Å². The number of aromatic nitrogens is 2. The maximum absolute atomic E-state index is 5.88. The molecule has 1 unspecified atom stereocenters. The fraction of sp³-hybridized carbons (Fsp3) is 0.700. The number of nitrogens with zero attached hydrogens (tertiary/aromatic N) is 2. The Hall–Kier alpha value is -0.870. The first-order chi connectivity index (χ1) is 6.72. The zero-order chi connectivity index (χ0) is 10.4. The predicted molar refractivity (Wildman–Crippen MR) is 56.0 cm³/mol. The standard InChI is InChI=1S/C10H19N3O/c1-3-6-14-8-9(11)7-10-4-5-13(2)12-10/h4-5,9H,3,6-8,11H2,1-2H3. The van der Waals surface area contributed by atoms with Crippen molar-refractivity contribution in [2.45, 2.75) is 25.8 Å². The van der Waals surface area contributed by atoms with Crippen LogP contribution in [0, 0.1) is 0 Å². The van der Waals surface area contributed by atoms with Gasteiger partial charge in [-0.3, -0.25) is 4.68 Å². The second-order valence-electron chi connectivity index (χ2n) is 3.52. The van der Waals surface area contributed by atoms with Crippen LogP contribution >= 0.6 is 0 Å². The van der Waals surface area contributed by atoms with Gasteiger partial charge in [-0.15, -0.1) is 0 Å². The van der Waals surface area contributed by atoms with Crippen LogP contribution in [0.2, 0.25) is 0 Å². The van der Waals surface area contributed by atoms with Crippen molar-refractivity contribution in [2.75, 3.05) is 13.2 Å². The molecule has 0 aromatic carbocycles. The number of rotatable bonds is 6. The highest BCUT2D eigenvalue weighted by Gasteiger charge is 2.05. The molecule has 1 rings (SSSR count). The number of hydrogen-bond donors (Lipinski definition) is 1. The zero-order valence-corrected chi connectivity index (χ0v) is 8.94. The van der Waals surface area contributed by atoms with Gasteiger partial charge in [0, 0.05) is 32.3 Å². The summed E-state index contributed by atoms with van der Waals surface area (Å²) >= 11 is 0. The molecule has 80 valence electrons. The fourth-order valence-corrected chi connectivity index (χ4v) is 1.28. The van der Waals surface area contributed by atoms with E-state index in [9.17, 15) is 0 Å². The monoisotopic (exact) mass is 197 g/mol. The van der Waals surface area contributed by atoms with Crippen molar-refractivity contribution in [3.63, 3.8) is 0 Å². The second-order valence-corrected chi connectivity index (χ2v) is 3.52. The molecule has 0 saturated carbocycles. The van der Waals surface area contributed by atoms with Crippen molar-refractivity contribution in [3.8, 4) is 0 Å². The van der Waals surface area contributed by atoms with Crippen molar-refractivity contribution in [3.05, 3.63) is 18.0 Å². The quantitative estimate of drug-likeness (QED) is 0.684. The van der Waals surface area contributed by atoms with Crippen LogP contribution in [0.5, 0.6) is 0 Å². The molecule has 14 heavy (non-hydrogen) atoms. The van der Waals surface area contributed by atoms with E-state index in [1.165, 1.54) is 0 Å². The fourth-order valence-electron chi connectivity index (χ4n) is 1.28. The Labute approximate surface area is 85.0 Å². The highest BCUT2D eigenvalue weighted by Crippen LogP contribution is 1.98. The SMILES string of the molecule is CCCOCC(N)Cc1ccn(C)n1. The molecule has 4 nitrogen and oxygen atoms in total. The van der Waals surface area contributed by atoms with E-state index in [1.54, 1.807) is 4.68 Å². The third-order valence-electron chi connectivity index (χ3n) is 1.92. The molecule has 0 aliphatic heterocycles. The Kier molecular flexibility index (Phi) is 4.62. The predicted octanol–water partition coefficient (Wildman–Crippen LogP) is 0.716. The molecule has 1 heterocycles. The summed E-state index contributed by atoms with van der Waals surface area (Å²) in [5.41, 5.74) is 6.91. The largest absolute Gasteiger partial charge is 0.380 e. The highest BCUT2D eigenvalue weighted by atomic mass is 16.5. The van der Waals surface area contributed by atoms with Crippen molar-refractivity contribution in [2.24, 2.45) is 12.8 Å². The molecule has 0 aliphatic rings. The van der Waals surface area contributed by atoms with E-state index in [-0.39, 0.29) is 6.04 Å². The molecule has 0 radical (unpaired) electrons. The van der Waals surface area contributed by atoms with Crippen LogP contribution in [0.3, 0.4) is 0 Å². The molecule has 0 aliphatic carbocycles. The summed E-state index contributed by atoms with van der Waals surface area (Å²) in [6.07, 6.45) is 3.75. The molecule has 2 N–H and O–H groups in total. The van der Waals surface area contributed by atoms with Crippen molar-refractivity contribution < 1.29 is 4.74 Å². The summed E-state index contributed by atoms with van der Waals surface area (Å²) in [5.74, 6) is 0. The third kappa shape index (κ3) is 3.89. The Balaban J connectivity index is 2.23. The van der Waals surface area contributed by atoms with E-state index < -0.39 is 0 Å². The van der Waals surface area contributed by atoms with Gasteiger partial charge in [0.1, 0.15) is 0 Å². The Bertz CT molecular complexity index is 260. The van der Waals surface area contributed by atoms with Crippen molar-refractivity contribution in [1.82, 2.24) is 9.78 Å². The molecule has 1 atom stereocenters. The smallest absolute Gasteiger partial charge is 0.0640 e. The number of hydrogen-bond acceptors (Lipinski definition) is 3. The minimum Gasteiger partial charge on any atom is -0.380 e. The molecule has 1 aromatic rings. The van der Waals surface area contributed by atoms with Crippen molar-refractivity contribution >= 4 is 0 Å². The van der Waals surface area contributed by atoms with E-state index in [0.717, 1.165) is 25.1 Å². The van der Waals surface area contributed by atoms with Gasteiger partial charge >= 0.3 is 0 Å². The minimum absolute atomic E-state index is 0.0523. The first-order valence-corrected chi connectivity index (χ1v) is 5.04. The molecule has 0 spiro atoms. The molecule has 1 aromatic heterocycles. The van der Waals surface area contributed by atoms with Gasteiger partial charge in [0.15, 0.2) is 0 Å². The van der Waals surface area contributed by atoms with Crippen LogP contribution in [-0.2, 0) is 18.2 Å². The van der Waals surface area contributed by atoms with Gasteiger partial charge in [-0.1, -0.05) is 6.92 Å².